The molecule has 0 aliphatic carbocycles. The number of hydrogen-bond donors (Lipinski definition) is 1. The summed E-state index contributed by atoms with van der Waals surface area (Å²) < 4.78 is 26.6. The molecule has 0 atom stereocenters. The van der Waals surface area contributed by atoms with E-state index in [4.69, 9.17) is 0 Å². The van der Waals surface area contributed by atoms with Gasteiger partial charge >= 0.3 is 0 Å². The van der Waals surface area contributed by atoms with E-state index in [0.29, 0.717) is 6.54 Å². The Bertz CT molecular complexity index is 583. The summed E-state index contributed by atoms with van der Waals surface area (Å²) >= 11 is 0. The molecule has 20 heavy (non-hydrogen) atoms. The molecular formula is C17H19F2N. The topological polar surface area (TPSA) is 12.0 Å². The van der Waals surface area contributed by atoms with Crippen molar-refractivity contribution in [2.45, 2.75) is 32.7 Å². The van der Waals surface area contributed by atoms with Crippen LogP contribution in [0.25, 0.3) is 0 Å². The van der Waals surface area contributed by atoms with Crippen molar-refractivity contribution in [1.82, 2.24) is 0 Å². The van der Waals surface area contributed by atoms with Gasteiger partial charge in [-0.2, -0.15) is 0 Å². The molecule has 0 aliphatic rings. The molecule has 0 fully saturated rings. The lowest BCUT2D eigenvalue weighted by molar-refractivity contribution is 0.511. The first kappa shape index (κ1) is 14.5. The minimum atomic E-state index is -0.835. The zero-order valence-electron chi connectivity index (χ0n) is 12.0. The third-order valence-electron chi connectivity index (χ3n) is 3.25. The first-order chi connectivity index (χ1) is 9.38. The Balaban J connectivity index is 2.06. The molecule has 0 saturated heterocycles. The molecule has 0 heterocycles. The highest BCUT2D eigenvalue weighted by atomic mass is 19.2. The van der Waals surface area contributed by atoms with Gasteiger partial charge in [-0.3, -0.25) is 0 Å². The van der Waals surface area contributed by atoms with Crippen LogP contribution in [0.4, 0.5) is 14.5 Å². The van der Waals surface area contributed by atoms with Crippen molar-refractivity contribution < 1.29 is 8.78 Å². The highest BCUT2D eigenvalue weighted by molar-refractivity contribution is 5.45. The van der Waals surface area contributed by atoms with Crippen LogP contribution in [0.2, 0.25) is 0 Å². The van der Waals surface area contributed by atoms with Gasteiger partial charge in [0.25, 0.3) is 0 Å². The third-order valence-corrected chi connectivity index (χ3v) is 3.25. The second kappa shape index (κ2) is 5.61. The van der Waals surface area contributed by atoms with Crippen LogP contribution in [0.15, 0.2) is 42.5 Å². The molecule has 0 aliphatic heterocycles. The molecule has 0 radical (unpaired) electrons. The summed E-state index contributed by atoms with van der Waals surface area (Å²) in [5.41, 5.74) is 2.57. The lowest BCUT2D eigenvalue weighted by Crippen LogP contribution is -2.11. The van der Waals surface area contributed by atoms with Crippen LogP contribution in [-0.4, -0.2) is 0 Å². The van der Waals surface area contributed by atoms with Crippen molar-refractivity contribution >= 4 is 5.69 Å². The predicted molar refractivity (Wildman–Crippen MR) is 78.8 cm³/mol. The number of hydrogen-bond acceptors (Lipinski definition) is 1. The molecule has 0 spiro atoms. The normalized spacial score (nSPS) is 11.4. The molecule has 0 saturated carbocycles. The van der Waals surface area contributed by atoms with E-state index in [1.165, 1.54) is 17.7 Å². The summed E-state index contributed by atoms with van der Waals surface area (Å²) in [4.78, 5) is 0. The summed E-state index contributed by atoms with van der Waals surface area (Å²) in [6.07, 6.45) is 0. The maximum Gasteiger partial charge on any atom is 0.181 e. The standard InChI is InChI=1S/C17H19F2N/c1-17(2,3)13-9-7-12(8-10-13)11-20-15-6-4-5-14(18)16(15)19/h4-10,20H,11H2,1-3H3. The minimum Gasteiger partial charge on any atom is -0.379 e. The van der Waals surface area contributed by atoms with Crippen LogP contribution in [0.5, 0.6) is 0 Å². The van der Waals surface area contributed by atoms with E-state index >= 15 is 0 Å². The van der Waals surface area contributed by atoms with Gasteiger partial charge in [0.15, 0.2) is 11.6 Å². The quantitative estimate of drug-likeness (QED) is 0.842. The van der Waals surface area contributed by atoms with Gasteiger partial charge in [0.2, 0.25) is 0 Å². The predicted octanol–water partition coefficient (Wildman–Crippen LogP) is 4.87. The van der Waals surface area contributed by atoms with Gasteiger partial charge < -0.3 is 5.32 Å². The lowest BCUT2D eigenvalue weighted by Gasteiger charge is -2.19. The van der Waals surface area contributed by atoms with Crippen molar-refractivity contribution in [2.24, 2.45) is 0 Å². The zero-order valence-corrected chi connectivity index (χ0v) is 12.0. The fourth-order valence-corrected chi connectivity index (χ4v) is 1.96. The number of nitrogens with one attached hydrogen (secondary N) is 1. The molecule has 1 nitrogen and oxygen atoms in total. The molecule has 2 aromatic carbocycles. The Morgan fingerprint density at radius 1 is 0.950 bits per heavy atom. The smallest absolute Gasteiger partial charge is 0.181 e. The van der Waals surface area contributed by atoms with Crippen LogP contribution >= 0.6 is 0 Å². The van der Waals surface area contributed by atoms with Gasteiger partial charge in [-0.25, -0.2) is 8.78 Å². The summed E-state index contributed by atoms with van der Waals surface area (Å²) in [7, 11) is 0. The van der Waals surface area contributed by atoms with Crippen LogP contribution in [-0.2, 0) is 12.0 Å². The molecule has 0 bridgehead atoms. The molecule has 0 unspecified atom stereocenters. The maximum absolute atomic E-state index is 13.5. The molecule has 1 N–H and O–H groups in total. The van der Waals surface area contributed by atoms with E-state index in [9.17, 15) is 8.78 Å². The van der Waals surface area contributed by atoms with Crippen LogP contribution in [0, 0.1) is 11.6 Å². The van der Waals surface area contributed by atoms with Gasteiger partial charge in [0, 0.05) is 6.54 Å². The fourth-order valence-electron chi connectivity index (χ4n) is 1.96. The summed E-state index contributed by atoms with van der Waals surface area (Å²) in [5, 5.41) is 2.91. The minimum absolute atomic E-state index is 0.112. The van der Waals surface area contributed by atoms with Crippen molar-refractivity contribution in [3.8, 4) is 0 Å². The Kier molecular flexibility index (Phi) is 4.07. The first-order valence-electron chi connectivity index (χ1n) is 6.65. The molecular weight excluding hydrogens is 256 g/mol. The third kappa shape index (κ3) is 3.35. The highest BCUT2D eigenvalue weighted by Gasteiger charge is 2.13. The summed E-state index contributed by atoms with van der Waals surface area (Å²) in [6, 6.07) is 12.3. The van der Waals surface area contributed by atoms with E-state index in [-0.39, 0.29) is 11.1 Å². The van der Waals surface area contributed by atoms with Crippen molar-refractivity contribution in [3.63, 3.8) is 0 Å². The van der Waals surface area contributed by atoms with E-state index in [1.54, 1.807) is 0 Å². The SMILES string of the molecule is CC(C)(C)c1ccc(CNc2cccc(F)c2F)cc1. The largest absolute Gasteiger partial charge is 0.379 e. The van der Waals surface area contributed by atoms with Crippen LogP contribution in [0.1, 0.15) is 31.9 Å². The maximum atomic E-state index is 13.5. The van der Waals surface area contributed by atoms with Crippen molar-refractivity contribution in [2.75, 3.05) is 5.32 Å². The van der Waals surface area contributed by atoms with Gasteiger partial charge in [-0.05, 0) is 28.7 Å². The van der Waals surface area contributed by atoms with E-state index in [2.05, 4.69) is 38.2 Å². The van der Waals surface area contributed by atoms with E-state index in [0.717, 1.165) is 11.6 Å². The van der Waals surface area contributed by atoms with Gasteiger partial charge in [-0.15, -0.1) is 0 Å². The van der Waals surface area contributed by atoms with Crippen LogP contribution in [0.3, 0.4) is 0 Å². The molecule has 3 heteroatoms. The molecule has 2 aromatic rings. The average molecular weight is 275 g/mol. The van der Waals surface area contributed by atoms with Gasteiger partial charge in [-0.1, -0.05) is 51.1 Å². The first-order valence-corrected chi connectivity index (χ1v) is 6.65. The molecule has 0 amide bonds. The van der Waals surface area contributed by atoms with Crippen molar-refractivity contribution in [3.05, 3.63) is 65.2 Å². The second-order valence-corrected chi connectivity index (χ2v) is 5.90. The van der Waals surface area contributed by atoms with E-state index in [1.807, 2.05) is 12.1 Å². The monoisotopic (exact) mass is 275 g/mol. The zero-order chi connectivity index (χ0) is 14.8. The molecule has 2 rings (SSSR count). The Morgan fingerprint density at radius 3 is 2.20 bits per heavy atom. The molecule has 0 aromatic heterocycles. The summed E-state index contributed by atoms with van der Waals surface area (Å²) in [6.45, 7) is 6.93. The second-order valence-electron chi connectivity index (χ2n) is 5.90. The van der Waals surface area contributed by atoms with Gasteiger partial charge in [0.05, 0.1) is 5.69 Å². The average Bonchev–Trinajstić information content (AvgIpc) is 2.40. The lowest BCUT2D eigenvalue weighted by atomic mass is 9.87. The Hall–Kier alpha value is -1.90. The van der Waals surface area contributed by atoms with Gasteiger partial charge in [0.1, 0.15) is 0 Å². The number of benzene rings is 2. The Morgan fingerprint density at radius 2 is 1.60 bits per heavy atom. The summed E-state index contributed by atoms with van der Waals surface area (Å²) in [5.74, 6) is -1.67. The van der Waals surface area contributed by atoms with E-state index < -0.39 is 11.6 Å². The van der Waals surface area contributed by atoms with Crippen LogP contribution < -0.4 is 5.32 Å². The number of rotatable bonds is 3. The highest BCUT2D eigenvalue weighted by Crippen LogP contribution is 2.23. The fraction of sp³-hybridized carbons (Fsp3) is 0.294. The number of anilines is 1. The molecule has 106 valence electrons. The Labute approximate surface area is 118 Å². The van der Waals surface area contributed by atoms with Crippen molar-refractivity contribution in [1.29, 1.82) is 0 Å². The number of halogens is 2.